The number of para-hydroxylation sites is 1. The van der Waals surface area contributed by atoms with Gasteiger partial charge < -0.3 is 14.4 Å². The Bertz CT molecular complexity index is 619. The SMILES string of the molecule is CCc1nc2c(C(=O)O)cccc2n1C(C)CCOC. The molecule has 0 fully saturated rings. The number of carboxylic acids is 1. The van der Waals surface area contributed by atoms with Crippen molar-refractivity contribution in [1.29, 1.82) is 0 Å². The summed E-state index contributed by atoms with van der Waals surface area (Å²) in [5.74, 6) is -0.0234. The number of aromatic carboxylic acids is 1. The molecular weight excluding hydrogens is 256 g/mol. The number of aromatic nitrogens is 2. The van der Waals surface area contributed by atoms with Gasteiger partial charge in [-0.25, -0.2) is 9.78 Å². The number of imidazole rings is 1. The van der Waals surface area contributed by atoms with Gasteiger partial charge in [-0.2, -0.15) is 0 Å². The number of benzene rings is 1. The van der Waals surface area contributed by atoms with E-state index < -0.39 is 5.97 Å². The first-order chi connectivity index (χ1) is 9.60. The number of ether oxygens (including phenoxy) is 1. The molecule has 0 aliphatic carbocycles. The summed E-state index contributed by atoms with van der Waals surface area (Å²) in [5.41, 5.74) is 1.71. The van der Waals surface area contributed by atoms with E-state index in [-0.39, 0.29) is 11.6 Å². The van der Waals surface area contributed by atoms with Crippen molar-refractivity contribution < 1.29 is 14.6 Å². The quantitative estimate of drug-likeness (QED) is 0.881. The molecule has 1 aromatic heterocycles. The zero-order chi connectivity index (χ0) is 14.7. The molecule has 0 amide bonds. The molecule has 0 bridgehead atoms. The highest BCUT2D eigenvalue weighted by Gasteiger charge is 2.18. The van der Waals surface area contributed by atoms with Crippen LogP contribution in [-0.2, 0) is 11.2 Å². The van der Waals surface area contributed by atoms with Gasteiger partial charge in [-0.05, 0) is 25.5 Å². The maximum atomic E-state index is 11.3. The van der Waals surface area contributed by atoms with Crippen LogP contribution in [0.3, 0.4) is 0 Å². The van der Waals surface area contributed by atoms with Crippen LogP contribution >= 0.6 is 0 Å². The van der Waals surface area contributed by atoms with E-state index in [0.29, 0.717) is 12.1 Å². The van der Waals surface area contributed by atoms with Gasteiger partial charge in [0, 0.05) is 26.2 Å². The van der Waals surface area contributed by atoms with Crippen molar-refractivity contribution in [1.82, 2.24) is 9.55 Å². The van der Waals surface area contributed by atoms with Crippen molar-refractivity contribution in [2.45, 2.75) is 32.7 Å². The highest BCUT2D eigenvalue weighted by Crippen LogP contribution is 2.26. The van der Waals surface area contributed by atoms with Gasteiger partial charge in [0.1, 0.15) is 11.3 Å². The zero-order valence-electron chi connectivity index (χ0n) is 12.1. The lowest BCUT2D eigenvalue weighted by Crippen LogP contribution is -2.11. The predicted octanol–water partition coefficient (Wildman–Crippen LogP) is 2.89. The summed E-state index contributed by atoms with van der Waals surface area (Å²) in [5, 5.41) is 9.27. The molecule has 1 heterocycles. The third-order valence-corrected chi connectivity index (χ3v) is 3.52. The second-order valence-corrected chi connectivity index (χ2v) is 4.86. The molecule has 1 N–H and O–H groups in total. The molecule has 1 aromatic carbocycles. The fourth-order valence-electron chi connectivity index (χ4n) is 2.50. The van der Waals surface area contributed by atoms with E-state index in [9.17, 15) is 9.90 Å². The van der Waals surface area contributed by atoms with E-state index in [1.54, 1.807) is 19.2 Å². The van der Waals surface area contributed by atoms with Crippen LogP contribution in [0.25, 0.3) is 11.0 Å². The summed E-state index contributed by atoms with van der Waals surface area (Å²) in [6, 6.07) is 5.52. The van der Waals surface area contributed by atoms with Gasteiger partial charge in [0.05, 0.1) is 11.1 Å². The smallest absolute Gasteiger partial charge is 0.337 e. The molecule has 0 saturated carbocycles. The molecule has 20 heavy (non-hydrogen) atoms. The topological polar surface area (TPSA) is 64.3 Å². The van der Waals surface area contributed by atoms with Crippen LogP contribution in [0, 0.1) is 0 Å². The third-order valence-electron chi connectivity index (χ3n) is 3.52. The number of fused-ring (bicyclic) bond motifs is 1. The van der Waals surface area contributed by atoms with Crippen LogP contribution in [0.4, 0.5) is 0 Å². The van der Waals surface area contributed by atoms with Gasteiger partial charge in [-0.15, -0.1) is 0 Å². The molecule has 0 aliphatic rings. The van der Waals surface area contributed by atoms with Crippen molar-refractivity contribution in [3.05, 3.63) is 29.6 Å². The first-order valence-electron chi connectivity index (χ1n) is 6.82. The lowest BCUT2D eigenvalue weighted by Gasteiger charge is -2.16. The Kier molecular flexibility index (Phi) is 4.39. The van der Waals surface area contributed by atoms with Crippen LogP contribution in [0.15, 0.2) is 18.2 Å². The standard InChI is InChI=1S/C15H20N2O3/c1-4-13-16-14-11(15(18)19)6-5-7-12(14)17(13)10(2)8-9-20-3/h5-7,10H,4,8-9H2,1-3H3,(H,18,19). The molecule has 0 spiro atoms. The Hall–Kier alpha value is -1.88. The van der Waals surface area contributed by atoms with Gasteiger partial charge in [-0.1, -0.05) is 13.0 Å². The minimum Gasteiger partial charge on any atom is -0.478 e. The predicted molar refractivity (Wildman–Crippen MR) is 77.3 cm³/mol. The number of carbonyl (C=O) groups is 1. The number of rotatable bonds is 6. The number of hydrogen-bond acceptors (Lipinski definition) is 3. The Balaban J connectivity index is 2.58. The Labute approximate surface area is 118 Å². The van der Waals surface area contributed by atoms with Crippen LogP contribution in [0.5, 0.6) is 0 Å². The Morgan fingerprint density at radius 2 is 2.25 bits per heavy atom. The number of carboxylic acid groups (broad SMARTS) is 1. The highest BCUT2D eigenvalue weighted by molar-refractivity contribution is 6.01. The van der Waals surface area contributed by atoms with Crippen LogP contribution in [0.1, 0.15) is 42.5 Å². The van der Waals surface area contributed by atoms with E-state index in [1.165, 1.54) is 0 Å². The fraction of sp³-hybridized carbons (Fsp3) is 0.467. The van der Waals surface area contributed by atoms with Crippen LogP contribution in [0.2, 0.25) is 0 Å². The van der Waals surface area contributed by atoms with E-state index >= 15 is 0 Å². The molecule has 2 aromatic rings. The van der Waals surface area contributed by atoms with Gasteiger partial charge in [-0.3, -0.25) is 0 Å². The molecule has 1 atom stereocenters. The van der Waals surface area contributed by atoms with E-state index in [2.05, 4.69) is 16.5 Å². The first kappa shape index (κ1) is 14.5. The third kappa shape index (κ3) is 2.54. The number of hydrogen-bond donors (Lipinski definition) is 1. The van der Waals surface area contributed by atoms with E-state index in [1.807, 2.05) is 13.0 Å². The second-order valence-electron chi connectivity index (χ2n) is 4.86. The summed E-state index contributed by atoms with van der Waals surface area (Å²) in [6.07, 6.45) is 1.64. The van der Waals surface area contributed by atoms with Crippen LogP contribution in [-0.4, -0.2) is 34.3 Å². The number of methoxy groups -OCH3 is 1. The molecule has 108 valence electrons. The van der Waals surface area contributed by atoms with E-state index in [0.717, 1.165) is 24.2 Å². The van der Waals surface area contributed by atoms with E-state index in [4.69, 9.17) is 4.74 Å². The van der Waals surface area contributed by atoms with Crippen molar-refractivity contribution in [3.8, 4) is 0 Å². The van der Waals surface area contributed by atoms with Gasteiger partial charge in [0.15, 0.2) is 0 Å². The lowest BCUT2D eigenvalue weighted by atomic mass is 10.1. The molecule has 0 saturated heterocycles. The summed E-state index contributed by atoms with van der Waals surface area (Å²) >= 11 is 0. The average Bonchev–Trinajstić information content (AvgIpc) is 2.82. The molecule has 5 heteroatoms. The Morgan fingerprint density at radius 3 is 2.85 bits per heavy atom. The first-order valence-corrected chi connectivity index (χ1v) is 6.82. The van der Waals surface area contributed by atoms with Crippen molar-refractivity contribution in [2.75, 3.05) is 13.7 Å². The van der Waals surface area contributed by atoms with Gasteiger partial charge in [0.2, 0.25) is 0 Å². The second kappa shape index (κ2) is 6.05. The van der Waals surface area contributed by atoms with Crippen molar-refractivity contribution >= 4 is 17.0 Å². The van der Waals surface area contributed by atoms with Gasteiger partial charge in [0.25, 0.3) is 0 Å². The molecule has 5 nitrogen and oxygen atoms in total. The summed E-state index contributed by atoms with van der Waals surface area (Å²) < 4.78 is 7.26. The molecule has 2 rings (SSSR count). The lowest BCUT2D eigenvalue weighted by molar-refractivity contribution is 0.0699. The maximum Gasteiger partial charge on any atom is 0.337 e. The summed E-state index contributed by atoms with van der Waals surface area (Å²) in [6.45, 7) is 4.80. The van der Waals surface area contributed by atoms with Crippen molar-refractivity contribution in [3.63, 3.8) is 0 Å². The summed E-state index contributed by atoms with van der Waals surface area (Å²) in [7, 11) is 1.68. The fourth-order valence-corrected chi connectivity index (χ4v) is 2.50. The van der Waals surface area contributed by atoms with Crippen molar-refractivity contribution in [2.24, 2.45) is 0 Å². The van der Waals surface area contributed by atoms with Gasteiger partial charge >= 0.3 is 5.97 Å². The maximum absolute atomic E-state index is 11.3. The molecule has 0 aliphatic heterocycles. The Morgan fingerprint density at radius 1 is 1.50 bits per heavy atom. The largest absolute Gasteiger partial charge is 0.478 e. The number of nitrogens with zero attached hydrogens (tertiary/aromatic N) is 2. The number of aryl methyl sites for hydroxylation is 1. The molecular formula is C15H20N2O3. The zero-order valence-corrected chi connectivity index (χ0v) is 12.1. The normalized spacial score (nSPS) is 12.8. The molecule has 0 radical (unpaired) electrons. The average molecular weight is 276 g/mol. The highest BCUT2D eigenvalue weighted by atomic mass is 16.5. The molecule has 1 unspecified atom stereocenters. The minimum absolute atomic E-state index is 0.221. The minimum atomic E-state index is -0.938. The summed E-state index contributed by atoms with van der Waals surface area (Å²) in [4.78, 5) is 15.8. The van der Waals surface area contributed by atoms with Crippen LogP contribution < -0.4 is 0 Å². The monoisotopic (exact) mass is 276 g/mol.